The second-order valence-corrected chi connectivity index (χ2v) is 8.04. The molecule has 1 unspecified atom stereocenters. The summed E-state index contributed by atoms with van der Waals surface area (Å²) in [6, 6.07) is 10.3. The molecule has 0 aliphatic carbocycles. The summed E-state index contributed by atoms with van der Waals surface area (Å²) in [7, 11) is 0. The molecule has 35 heavy (non-hydrogen) atoms. The van der Waals surface area contributed by atoms with Gasteiger partial charge in [-0.1, -0.05) is 12.1 Å². The summed E-state index contributed by atoms with van der Waals surface area (Å²) in [6.45, 7) is 4.64. The molecule has 1 aliphatic heterocycles. The van der Waals surface area contributed by atoms with Crippen molar-refractivity contribution < 1.29 is 36.9 Å². The van der Waals surface area contributed by atoms with Crippen molar-refractivity contribution in [1.29, 1.82) is 0 Å². The zero-order valence-corrected chi connectivity index (χ0v) is 19.7. The Kier molecular flexibility index (Phi) is 8.65. The molecule has 2 aromatic carbocycles. The van der Waals surface area contributed by atoms with E-state index < -0.39 is 29.2 Å². The van der Waals surface area contributed by atoms with E-state index in [9.17, 15) is 23.1 Å². The first-order valence-electron chi connectivity index (χ1n) is 10.7. The Morgan fingerprint density at radius 3 is 2.54 bits per heavy atom. The number of benzene rings is 2. The van der Waals surface area contributed by atoms with E-state index in [1.165, 1.54) is 30.3 Å². The summed E-state index contributed by atoms with van der Waals surface area (Å²) in [4.78, 5) is 14.9. The van der Waals surface area contributed by atoms with Gasteiger partial charge in [0.05, 0.1) is 18.6 Å². The fraction of sp³-hybridized carbons (Fsp3) is 0.375. The van der Waals surface area contributed by atoms with Crippen molar-refractivity contribution in [1.82, 2.24) is 4.90 Å². The average molecular weight is 516 g/mol. The zero-order valence-electron chi connectivity index (χ0n) is 18.8. The molecule has 3 aromatic rings. The van der Waals surface area contributed by atoms with Crippen LogP contribution in [0.15, 0.2) is 51.7 Å². The standard InChI is InChI=1S/C24H24F3NO6.ClH/c1-15-3-2-4-18(11-15)33-22-21(30)19-6-5-17(12-20(19)34-23(22)24(25,26)27)32-14-16(29)13-28-7-9-31-10-8-28;/h2-6,11-12,16,29H,7-10,13-14H2,1H3;1H. The SMILES string of the molecule is Cc1cccc(Oc2c(C(F)(F)F)oc3cc(OCC(O)CN4CCOCC4)ccc3c2=O)c1.Cl. The molecule has 2 heterocycles. The summed E-state index contributed by atoms with van der Waals surface area (Å²) in [5.41, 5.74) is -0.489. The number of aliphatic hydroxyl groups is 1. The third kappa shape index (κ3) is 6.66. The largest absolute Gasteiger partial charge is 0.491 e. The average Bonchev–Trinajstić information content (AvgIpc) is 2.79. The quantitative estimate of drug-likeness (QED) is 0.499. The minimum atomic E-state index is -4.96. The summed E-state index contributed by atoms with van der Waals surface area (Å²) >= 11 is 0. The number of fused-ring (bicyclic) bond motifs is 1. The van der Waals surface area contributed by atoms with Gasteiger partial charge in [0.25, 0.3) is 5.76 Å². The van der Waals surface area contributed by atoms with E-state index >= 15 is 0 Å². The summed E-state index contributed by atoms with van der Waals surface area (Å²) in [6.07, 6.45) is -5.77. The van der Waals surface area contributed by atoms with Gasteiger partial charge in [0.15, 0.2) is 0 Å². The third-order valence-corrected chi connectivity index (χ3v) is 5.30. The molecule has 1 N–H and O–H groups in total. The number of alkyl halides is 3. The number of morpholine rings is 1. The molecule has 0 amide bonds. The van der Waals surface area contributed by atoms with Crippen molar-refractivity contribution in [2.24, 2.45) is 0 Å². The van der Waals surface area contributed by atoms with Crippen molar-refractivity contribution in [3.8, 4) is 17.2 Å². The first-order valence-corrected chi connectivity index (χ1v) is 10.7. The molecule has 11 heteroatoms. The Bertz CT molecular complexity index is 1210. The molecule has 1 aliphatic rings. The van der Waals surface area contributed by atoms with Crippen molar-refractivity contribution in [3.63, 3.8) is 0 Å². The van der Waals surface area contributed by atoms with Crippen LogP contribution in [0.4, 0.5) is 13.2 Å². The van der Waals surface area contributed by atoms with Crippen molar-refractivity contribution in [2.45, 2.75) is 19.2 Å². The predicted octanol–water partition coefficient (Wildman–Crippen LogP) is 4.41. The zero-order chi connectivity index (χ0) is 24.3. The normalized spacial score (nSPS) is 15.5. The van der Waals surface area contributed by atoms with E-state index in [1.807, 2.05) is 4.90 Å². The van der Waals surface area contributed by atoms with E-state index in [1.54, 1.807) is 19.1 Å². The number of ether oxygens (including phenoxy) is 3. The highest BCUT2D eigenvalue weighted by atomic mass is 35.5. The number of hydrogen-bond acceptors (Lipinski definition) is 7. The Morgan fingerprint density at radius 2 is 1.86 bits per heavy atom. The van der Waals surface area contributed by atoms with E-state index in [2.05, 4.69) is 0 Å². The molecule has 4 rings (SSSR count). The van der Waals surface area contributed by atoms with E-state index in [4.69, 9.17) is 18.6 Å². The van der Waals surface area contributed by atoms with Gasteiger partial charge in [-0.3, -0.25) is 9.69 Å². The smallest absolute Gasteiger partial charge is 0.453 e. The Morgan fingerprint density at radius 1 is 1.11 bits per heavy atom. The van der Waals surface area contributed by atoms with Gasteiger partial charge in [0, 0.05) is 25.7 Å². The highest BCUT2D eigenvalue weighted by Crippen LogP contribution is 2.38. The maximum Gasteiger partial charge on any atom is 0.453 e. The number of aryl methyl sites for hydroxylation is 1. The summed E-state index contributed by atoms with van der Waals surface area (Å²) < 4.78 is 62.4. The van der Waals surface area contributed by atoms with Gasteiger partial charge in [-0.2, -0.15) is 13.2 Å². The fourth-order valence-electron chi connectivity index (χ4n) is 3.65. The lowest BCUT2D eigenvalue weighted by molar-refractivity contribution is -0.154. The van der Waals surface area contributed by atoms with Crippen LogP contribution in [0, 0.1) is 6.92 Å². The molecule has 0 radical (unpaired) electrons. The molecule has 190 valence electrons. The van der Waals surface area contributed by atoms with Crippen LogP contribution < -0.4 is 14.9 Å². The maximum atomic E-state index is 13.7. The molecule has 1 fully saturated rings. The van der Waals surface area contributed by atoms with Gasteiger partial charge in [0.1, 0.15) is 29.8 Å². The van der Waals surface area contributed by atoms with Gasteiger partial charge in [-0.15, -0.1) is 12.4 Å². The molecule has 0 spiro atoms. The van der Waals surface area contributed by atoms with Gasteiger partial charge < -0.3 is 23.7 Å². The molecule has 0 saturated carbocycles. The van der Waals surface area contributed by atoms with Gasteiger partial charge in [-0.05, 0) is 36.8 Å². The molecular weight excluding hydrogens is 491 g/mol. The highest BCUT2D eigenvalue weighted by molar-refractivity contribution is 5.85. The van der Waals surface area contributed by atoms with Crippen LogP contribution in [-0.4, -0.2) is 55.6 Å². The van der Waals surface area contributed by atoms with Gasteiger partial charge >= 0.3 is 6.18 Å². The fourth-order valence-corrected chi connectivity index (χ4v) is 3.65. The van der Waals surface area contributed by atoms with Crippen LogP contribution in [-0.2, 0) is 10.9 Å². The number of aliphatic hydroxyl groups excluding tert-OH is 1. The number of halogens is 4. The lowest BCUT2D eigenvalue weighted by atomic mass is 10.2. The molecular formula is C24H25ClF3NO6. The van der Waals surface area contributed by atoms with Crippen LogP contribution in [0.25, 0.3) is 11.0 Å². The maximum absolute atomic E-state index is 13.7. The van der Waals surface area contributed by atoms with Crippen LogP contribution in [0.5, 0.6) is 17.2 Å². The van der Waals surface area contributed by atoms with Crippen LogP contribution in [0.3, 0.4) is 0 Å². The first-order chi connectivity index (χ1) is 16.2. The minimum Gasteiger partial charge on any atom is -0.491 e. The lowest BCUT2D eigenvalue weighted by Gasteiger charge is -2.28. The number of rotatable bonds is 7. The van der Waals surface area contributed by atoms with Gasteiger partial charge in [0.2, 0.25) is 11.2 Å². The van der Waals surface area contributed by atoms with E-state index in [-0.39, 0.29) is 41.5 Å². The van der Waals surface area contributed by atoms with Crippen molar-refractivity contribution >= 4 is 23.4 Å². The van der Waals surface area contributed by atoms with E-state index in [0.717, 1.165) is 5.56 Å². The third-order valence-electron chi connectivity index (χ3n) is 5.30. The highest BCUT2D eigenvalue weighted by Gasteiger charge is 2.40. The molecule has 7 nitrogen and oxygen atoms in total. The lowest BCUT2D eigenvalue weighted by Crippen LogP contribution is -2.42. The number of nitrogens with zero attached hydrogens (tertiary/aromatic N) is 1. The second-order valence-electron chi connectivity index (χ2n) is 8.04. The minimum absolute atomic E-state index is 0. The van der Waals surface area contributed by atoms with Crippen LogP contribution in [0.2, 0.25) is 0 Å². The van der Waals surface area contributed by atoms with Crippen molar-refractivity contribution in [2.75, 3.05) is 39.5 Å². The second kappa shape index (κ2) is 11.3. The first kappa shape index (κ1) is 26.8. The Labute approximate surface area is 205 Å². The summed E-state index contributed by atoms with van der Waals surface area (Å²) in [5, 5.41) is 10.1. The molecule has 1 saturated heterocycles. The monoisotopic (exact) mass is 515 g/mol. The number of hydrogen-bond donors (Lipinski definition) is 1. The molecule has 1 atom stereocenters. The molecule has 1 aromatic heterocycles. The topological polar surface area (TPSA) is 81.4 Å². The Hall–Kier alpha value is -2.79. The van der Waals surface area contributed by atoms with Crippen LogP contribution >= 0.6 is 12.4 Å². The van der Waals surface area contributed by atoms with E-state index in [0.29, 0.717) is 32.8 Å². The van der Waals surface area contributed by atoms with Gasteiger partial charge in [-0.25, -0.2) is 0 Å². The van der Waals surface area contributed by atoms with Crippen LogP contribution in [0.1, 0.15) is 11.3 Å². The number of β-amino-alcohol motifs (C(OH)–C–C–N with tert-alkyl or cyclic N) is 1. The Balaban J connectivity index is 0.00000342. The summed E-state index contributed by atoms with van der Waals surface area (Å²) in [5.74, 6) is -2.21. The molecule has 0 bridgehead atoms. The van der Waals surface area contributed by atoms with Crippen molar-refractivity contribution in [3.05, 3.63) is 64.0 Å². The predicted molar refractivity (Wildman–Crippen MR) is 125 cm³/mol.